The van der Waals surface area contributed by atoms with Crippen molar-refractivity contribution < 1.29 is 27.8 Å². The number of alkyl halides is 3. The summed E-state index contributed by atoms with van der Waals surface area (Å²) in [6.45, 7) is 0. The number of carboxylic acids is 1. The Hall–Kier alpha value is -3.75. The van der Waals surface area contributed by atoms with Gasteiger partial charge in [0.2, 0.25) is 0 Å². The Bertz CT molecular complexity index is 1460. The summed E-state index contributed by atoms with van der Waals surface area (Å²) in [5.41, 5.74) is 0.853. The van der Waals surface area contributed by atoms with Crippen molar-refractivity contribution in [3.8, 4) is 28.3 Å². The first kappa shape index (κ1) is 25.3. The van der Waals surface area contributed by atoms with Crippen molar-refractivity contribution in [1.29, 1.82) is 0 Å². The summed E-state index contributed by atoms with van der Waals surface area (Å²) < 4.78 is 44.8. The Morgan fingerprint density at radius 1 is 1.00 bits per heavy atom. The number of methoxy groups -OCH3 is 1. The second-order valence-electron chi connectivity index (χ2n) is 7.64. The Labute approximate surface area is 213 Å². The van der Waals surface area contributed by atoms with Gasteiger partial charge in [0.15, 0.2) is 0 Å². The molecule has 0 radical (unpaired) electrons. The van der Waals surface area contributed by atoms with Gasteiger partial charge >= 0.3 is 12.1 Å². The molecule has 3 aromatic carbocycles. The maximum absolute atomic E-state index is 13.2. The molecular formula is C26H17Cl2F3N2O3. The molecule has 0 fully saturated rings. The normalized spacial score (nSPS) is 12.0. The number of H-pyrrole nitrogens is 1. The smallest absolute Gasteiger partial charge is 0.416 e. The van der Waals surface area contributed by atoms with Gasteiger partial charge in [-0.05, 0) is 60.2 Å². The number of rotatable bonds is 6. The maximum Gasteiger partial charge on any atom is 0.416 e. The van der Waals surface area contributed by atoms with E-state index in [-0.39, 0.29) is 17.0 Å². The Morgan fingerprint density at radius 3 is 2.31 bits per heavy atom. The molecule has 1 aromatic heterocycles. The Morgan fingerprint density at radius 2 is 1.69 bits per heavy atom. The molecule has 0 bridgehead atoms. The molecule has 5 nitrogen and oxygen atoms in total. The lowest BCUT2D eigenvalue weighted by Crippen LogP contribution is -2.07. The van der Waals surface area contributed by atoms with Crippen LogP contribution in [0.2, 0.25) is 10.0 Å². The number of benzene rings is 3. The molecule has 0 aliphatic heterocycles. The van der Waals surface area contributed by atoms with Crippen LogP contribution >= 0.6 is 23.2 Å². The number of carboxylic acid groups (broad SMARTS) is 1. The highest BCUT2D eigenvalue weighted by Crippen LogP contribution is 2.36. The zero-order chi connectivity index (χ0) is 26.0. The highest BCUT2D eigenvalue weighted by molar-refractivity contribution is 6.42. The number of carbonyl (C=O) groups is 1. The van der Waals surface area contributed by atoms with Gasteiger partial charge < -0.3 is 14.8 Å². The van der Waals surface area contributed by atoms with Gasteiger partial charge in [0.1, 0.15) is 11.6 Å². The van der Waals surface area contributed by atoms with E-state index in [1.807, 2.05) is 0 Å². The van der Waals surface area contributed by atoms with Gasteiger partial charge in [-0.3, -0.25) is 0 Å². The van der Waals surface area contributed by atoms with Crippen LogP contribution in [0.3, 0.4) is 0 Å². The van der Waals surface area contributed by atoms with E-state index < -0.39 is 17.7 Å². The van der Waals surface area contributed by atoms with Crippen molar-refractivity contribution in [2.75, 3.05) is 7.11 Å². The van der Waals surface area contributed by atoms with Crippen LogP contribution in [-0.2, 0) is 11.0 Å². The standard InChI is InChI=1S/C26H17Cl2F3N2O3/c1-36-18-8-5-14(6-9-18)23-24(16-7-10-20(27)21(28)12-16)33-22(32-23)13-19(25(34)35)15-3-2-4-17(11-15)26(29,30)31/h2-13H,1H3,(H,32,33)(H,34,35)/b19-13-. The number of imidazole rings is 1. The zero-order valence-electron chi connectivity index (χ0n) is 18.5. The highest BCUT2D eigenvalue weighted by atomic mass is 35.5. The van der Waals surface area contributed by atoms with Crippen LogP contribution in [0.4, 0.5) is 13.2 Å². The molecule has 0 amide bonds. The van der Waals surface area contributed by atoms with Crippen LogP contribution in [0.25, 0.3) is 34.2 Å². The molecule has 0 unspecified atom stereocenters. The third-order valence-corrected chi connectivity index (χ3v) is 6.05. The Kier molecular flexibility index (Phi) is 7.10. The van der Waals surface area contributed by atoms with E-state index in [0.717, 1.165) is 18.2 Å². The second-order valence-corrected chi connectivity index (χ2v) is 8.46. The lowest BCUT2D eigenvalue weighted by atomic mass is 10.0. The maximum atomic E-state index is 13.2. The summed E-state index contributed by atoms with van der Waals surface area (Å²) in [5.74, 6) is -0.656. The summed E-state index contributed by atoms with van der Waals surface area (Å²) in [4.78, 5) is 19.6. The van der Waals surface area contributed by atoms with Gasteiger partial charge in [-0.1, -0.05) is 41.4 Å². The molecule has 10 heteroatoms. The molecule has 0 aliphatic carbocycles. The van der Waals surface area contributed by atoms with Crippen molar-refractivity contribution in [1.82, 2.24) is 9.97 Å². The minimum absolute atomic E-state index is 0.115. The van der Waals surface area contributed by atoms with E-state index in [4.69, 9.17) is 27.9 Å². The van der Waals surface area contributed by atoms with Gasteiger partial charge in [-0.15, -0.1) is 0 Å². The van der Waals surface area contributed by atoms with E-state index in [0.29, 0.717) is 38.3 Å². The first-order valence-electron chi connectivity index (χ1n) is 10.4. The van der Waals surface area contributed by atoms with Gasteiger partial charge in [0.05, 0.1) is 39.7 Å². The van der Waals surface area contributed by atoms with Crippen molar-refractivity contribution >= 4 is 40.8 Å². The average Bonchev–Trinajstić information content (AvgIpc) is 3.27. The van der Waals surface area contributed by atoms with Crippen molar-refractivity contribution in [3.05, 3.63) is 93.7 Å². The first-order valence-corrected chi connectivity index (χ1v) is 11.1. The molecule has 2 N–H and O–H groups in total. The van der Waals surface area contributed by atoms with Crippen LogP contribution in [0.15, 0.2) is 66.7 Å². The van der Waals surface area contributed by atoms with Crippen molar-refractivity contribution in [3.63, 3.8) is 0 Å². The molecule has 0 saturated heterocycles. The van der Waals surface area contributed by atoms with Gasteiger partial charge in [0.25, 0.3) is 0 Å². The molecule has 4 rings (SSSR count). The lowest BCUT2D eigenvalue weighted by Gasteiger charge is -2.09. The molecule has 4 aromatic rings. The fraction of sp³-hybridized carbons (Fsp3) is 0.0769. The minimum Gasteiger partial charge on any atom is -0.497 e. The fourth-order valence-corrected chi connectivity index (χ4v) is 3.85. The van der Waals surface area contributed by atoms with Crippen LogP contribution in [0, 0.1) is 0 Å². The van der Waals surface area contributed by atoms with Crippen LogP contribution in [0.5, 0.6) is 5.75 Å². The summed E-state index contributed by atoms with van der Waals surface area (Å²) in [5, 5.41) is 10.4. The van der Waals surface area contributed by atoms with Crippen LogP contribution in [0.1, 0.15) is 17.0 Å². The largest absolute Gasteiger partial charge is 0.497 e. The van der Waals surface area contributed by atoms with Crippen molar-refractivity contribution in [2.24, 2.45) is 0 Å². The molecule has 1 heterocycles. The van der Waals surface area contributed by atoms with E-state index in [9.17, 15) is 23.1 Å². The van der Waals surface area contributed by atoms with Gasteiger partial charge in [-0.2, -0.15) is 13.2 Å². The minimum atomic E-state index is -4.62. The SMILES string of the molecule is COc1ccc(-c2[nH]c(/C=C(\C(=O)O)c3cccc(C(F)(F)F)c3)nc2-c2ccc(Cl)c(Cl)c2)cc1. The van der Waals surface area contributed by atoms with Crippen LogP contribution < -0.4 is 4.74 Å². The molecule has 0 atom stereocenters. The third-order valence-electron chi connectivity index (χ3n) is 5.31. The number of aromatic nitrogens is 2. The molecule has 0 spiro atoms. The Balaban J connectivity index is 1.88. The summed E-state index contributed by atoms with van der Waals surface area (Å²) >= 11 is 12.2. The molecule has 36 heavy (non-hydrogen) atoms. The number of hydrogen-bond acceptors (Lipinski definition) is 3. The summed E-state index contributed by atoms with van der Waals surface area (Å²) in [6, 6.07) is 16.1. The summed E-state index contributed by atoms with van der Waals surface area (Å²) in [6.07, 6.45) is -3.43. The average molecular weight is 533 g/mol. The lowest BCUT2D eigenvalue weighted by molar-refractivity contribution is -0.137. The topological polar surface area (TPSA) is 75.2 Å². The number of nitrogens with zero attached hydrogens (tertiary/aromatic N) is 1. The number of aromatic amines is 1. The third kappa shape index (κ3) is 5.40. The fourth-order valence-electron chi connectivity index (χ4n) is 3.55. The molecular weight excluding hydrogens is 516 g/mol. The van der Waals surface area contributed by atoms with Crippen LogP contribution in [-0.4, -0.2) is 28.2 Å². The summed E-state index contributed by atoms with van der Waals surface area (Å²) in [7, 11) is 1.54. The van der Waals surface area contributed by atoms with Gasteiger partial charge in [-0.25, -0.2) is 9.78 Å². The van der Waals surface area contributed by atoms with E-state index in [1.165, 1.54) is 19.3 Å². The van der Waals surface area contributed by atoms with E-state index >= 15 is 0 Å². The predicted molar refractivity (Wildman–Crippen MR) is 133 cm³/mol. The number of nitrogens with one attached hydrogen (secondary N) is 1. The van der Waals surface area contributed by atoms with Gasteiger partial charge in [0, 0.05) is 11.1 Å². The number of aliphatic carboxylic acids is 1. The second kappa shape index (κ2) is 10.1. The number of halogens is 5. The predicted octanol–water partition coefficient (Wildman–Crippen LogP) is 7.70. The zero-order valence-corrected chi connectivity index (χ0v) is 20.0. The molecule has 0 saturated carbocycles. The molecule has 0 aliphatic rings. The van der Waals surface area contributed by atoms with Crippen molar-refractivity contribution in [2.45, 2.75) is 6.18 Å². The number of hydrogen-bond donors (Lipinski definition) is 2. The molecule has 184 valence electrons. The van der Waals surface area contributed by atoms with E-state index in [2.05, 4.69) is 9.97 Å². The monoisotopic (exact) mass is 532 g/mol. The number of ether oxygens (including phenoxy) is 1. The van der Waals surface area contributed by atoms with E-state index in [1.54, 1.807) is 42.5 Å². The quantitative estimate of drug-likeness (QED) is 0.249. The first-order chi connectivity index (χ1) is 17.1. The highest BCUT2D eigenvalue weighted by Gasteiger charge is 2.31.